The Bertz CT molecular complexity index is 1230. The van der Waals surface area contributed by atoms with Gasteiger partial charge in [0.1, 0.15) is 0 Å². The van der Waals surface area contributed by atoms with Gasteiger partial charge in [0.2, 0.25) is 10.0 Å². The molecule has 0 radical (unpaired) electrons. The fraction of sp³-hybridized carbons (Fsp3) is 0.143. The summed E-state index contributed by atoms with van der Waals surface area (Å²) in [5.74, 6) is -0.722. The van der Waals surface area contributed by atoms with Gasteiger partial charge in [-0.2, -0.15) is 13.2 Å². The number of carbonyl (C=O) groups excluding carboxylic acids is 1. The number of nitrogens with zero attached hydrogens (tertiary/aromatic N) is 1. The predicted molar refractivity (Wildman–Crippen MR) is 112 cm³/mol. The molecule has 6 nitrogen and oxygen atoms in total. The molecule has 3 aromatic rings. The molecule has 2 N–H and O–H groups in total. The van der Waals surface area contributed by atoms with Crippen LogP contribution >= 0.6 is 0 Å². The molecule has 0 spiro atoms. The lowest BCUT2D eigenvalue weighted by Gasteiger charge is -2.16. The molecule has 0 unspecified atom stereocenters. The van der Waals surface area contributed by atoms with Crippen LogP contribution in [0, 0.1) is 6.92 Å². The van der Waals surface area contributed by atoms with E-state index < -0.39 is 27.7 Å². The van der Waals surface area contributed by atoms with Gasteiger partial charge < -0.3 is 5.32 Å². The molecule has 1 heterocycles. The maximum Gasteiger partial charge on any atom is 0.416 e. The number of amides is 1. The third-order valence-corrected chi connectivity index (χ3v) is 4.88. The minimum atomic E-state index is -4.67. The first-order valence-electron chi connectivity index (χ1n) is 8.97. The number of carbonyl (C=O) groups is 1. The van der Waals surface area contributed by atoms with Gasteiger partial charge in [0, 0.05) is 5.56 Å². The van der Waals surface area contributed by atoms with Gasteiger partial charge in [0.15, 0.2) is 0 Å². The Kier molecular flexibility index (Phi) is 6.03. The standard InChI is InChI=1S/C21H18F3N3O3S/c1-13-16(9-11-17(25-13)14-6-4-3-5-7-14)20(28)26-19-12-15(21(22,23)24)8-10-18(19)27-31(2,29)30/h3-12,27H,1-2H3,(H,26,28). The molecule has 0 atom stereocenters. The Hall–Kier alpha value is -3.40. The van der Waals surface area contributed by atoms with Gasteiger partial charge in [0.25, 0.3) is 5.91 Å². The van der Waals surface area contributed by atoms with Crippen LogP contribution in [0.1, 0.15) is 21.6 Å². The van der Waals surface area contributed by atoms with Gasteiger partial charge in [-0.25, -0.2) is 8.42 Å². The predicted octanol–water partition coefficient (Wildman–Crippen LogP) is 4.70. The monoisotopic (exact) mass is 449 g/mol. The smallest absolute Gasteiger partial charge is 0.320 e. The number of pyridine rings is 1. The zero-order valence-corrected chi connectivity index (χ0v) is 17.3. The van der Waals surface area contributed by atoms with Crippen molar-refractivity contribution >= 4 is 27.3 Å². The fourth-order valence-corrected chi connectivity index (χ4v) is 3.45. The van der Waals surface area contributed by atoms with Crippen molar-refractivity contribution < 1.29 is 26.4 Å². The molecule has 0 bridgehead atoms. The highest BCUT2D eigenvalue weighted by Crippen LogP contribution is 2.34. The van der Waals surface area contributed by atoms with Crippen LogP contribution in [0.5, 0.6) is 0 Å². The maximum atomic E-state index is 13.1. The number of anilines is 2. The first-order valence-corrected chi connectivity index (χ1v) is 10.9. The Morgan fingerprint density at radius 2 is 1.65 bits per heavy atom. The molecule has 0 fully saturated rings. The number of alkyl halides is 3. The summed E-state index contributed by atoms with van der Waals surface area (Å²) in [5, 5.41) is 2.36. The van der Waals surface area contributed by atoms with Crippen LogP contribution in [0.3, 0.4) is 0 Å². The summed E-state index contributed by atoms with van der Waals surface area (Å²) in [6.45, 7) is 1.60. The zero-order chi connectivity index (χ0) is 22.8. The lowest BCUT2D eigenvalue weighted by Crippen LogP contribution is -2.18. The van der Waals surface area contributed by atoms with E-state index in [1.165, 1.54) is 6.07 Å². The first-order chi connectivity index (χ1) is 14.4. The molecule has 162 valence electrons. The van der Waals surface area contributed by atoms with E-state index in [1.807, 2.05) is 30.3 Å². The third-order valence-electron chi connectivity index (χ3n) is 4.29. The highest BCUT2D eigenvalue weighted by atomic mass is 32.2. The lowest BCUT2D eigenvalue weighted by atomic mass is 10.1. The Balaban J connectivity index is 1.95. The Morgan fingerprint density at radius 1 is 0.968 bits per heavy atom. The number of hydrogen-bond acceptors (Lipinski definition) is 4. The minimum absolute atomic E-state index is 0.141. The van der Waals surface area contributed by atoms with Crippen molar-refractivity contribution in [3.63, 3.8) is 0 Å². The van der Waals surface area contributed by atoms with E-state index in [0.29, 0.717) is 17.5 Å². The van der Waals surface area contributed by atoms with E-state index in [1.54, 1.807) is 13.0 Å². The average molecular weight is 449 g/mol. The highest BCUT2D eigenvalue weighted by Gasteiger charge is 2.31. The molecular formula is C21H18F3N3O3S. The largest absolute Gasteiger partial charge is 0.416 e. The minimum Gasteiger partial charge on any atom is -0.320 e. The van der Waals surface area contributed by atoms with Gasteiger partial charge >= 0.3 is 6.18 Å². The molecule has 31 heavy (non-hydrogen) atoms. The van der Waals surface area contributed by atoms with E-state index in [0.717, 1.165) is 24.0 Å². The highest BCUT2D eigenvalue weighted by molar-refractivity contribution is 7.92. The number of aromatic nitrogens is 1. The van der Waals surface area contributed by atoms with Crippen molar-refractivity contribution in [2.24, 2.45) is 0 Å². The second-order valence-corrected chi connectivity index (χ2v) is 8.53. The number of hydrogen-bond donors (Lipinski definition) is 2. The summed E-state index contributed by atoms with van der Waals surface area (Å²) in [6.07, 6.45) is -3.81. The van der Waals surface area contributed by atoms with Crippen molar-refractivity contribution in [2.75, 3.05) is 16.3 Å². The lowest BCUT2D eigenvalue weighted by molar-refractivity contribution is -0.137. The van der Waals surface area contributed by atoms with Gasteiger partial charge in [-0.1, -0.05) is 30.3 Å². The molecule has 0 saturated heterocycles. The van der Waals surface area contributed by atoms with Crippen LogP contribution in [0.4, 0.5) is 24.5 Å². The van der Waals surface area contributed by atoms with Crippen LogP contribution in [-0.4, -0.2) is 25.6 Å². The summed E-state index contributed by atoms with van der Waals surface area (Å²) >= 11 is 0. The Labute approximate surface area is 177 Å². The van der Waals surface area contributed by atoms with E-state index in [2.05, 4.69) is 15.0 Å². The van der Waals surface area contributed by atoms with Gasteiger partial charge in [-0.3, -0.25) is 14.5 Å². The molecule has 1 amide bonds. The first kappa shape index (κ1) is 22.3. The molecule has 0 aliphatic rings. The van der Waals surface area contributed by atoms with E-state index in [4.69, 9.17) is 0 Å². The van der Waals surface area contributed by atoms with Gasteiger partial charge in [0.05, 0.1) is 40.1 Å². The average Bonchev–Trinajstić information content (AvgIpc) is 2.68. The van der Waals surface area contributed by atoms with E-state index in [9.17, 15) is 26.4 Å². The zero-order valence-electron chi connectivity index (χ0n) is 16.5. The van der Waals surface area contributed by atoms with Gasteiger partial charge in [-0.15, -0.1) is 0 Å². The molecule has 1 aromatic heterocycles. The summed E-state index contributed by atoms with van der Waals surface area (Å²) < 4.78 is 64.5. The van der Waals surface area contributed by atoms with E-state index in [-0.39, 0.29) is 16.9 Å². The number of rotatable bonds is 5. The second-order valence-electron chi connectivity index (χ2n) is 6.78. The van der Waals surface area contributed by atoms with Crippen LogP contribution in [0.25, 0.3) is 11.3 Å². The van der Waals surface area contributed by atoms with Gasteiger partial charge in [-0.05, 0) is 37.3 Å². The summed E-state index contributed by atoms with van der Waals surface area (Å²) in [5.41, 5.74) is 0.442. The topological polar surface area (TPSA) is 88.2 Å². The van der Waals surface area contributed by atoms with Crippen molar-refractivity contribution in [1.82, 2.24) is 4.98 Å². The molecule has 0 aliphatic carbocycles. The maximum absolute atomic E-state index is 13.1. The number of sulfonamides is 1. The van der Waals surface area contributed by atoms with Crippen molar-refractivity contribution in [3.05, 3.63) is 77.5 Å². The Morgan fingerprint density at radius 3 is 2.23 bits per heavy atom. The summed E-state index contributed by atoms with van der Waals surface area (Å²) in [4.78, 5) is 17.1. The number of nitrogens with one attached hydrogen (secondary N) is 2. The molecule has 3 rings (SSSR count). The molecule has 0 aliphatic heterocycles. The summed E-state index contributed by atoms with van der Waals surface area (Å²) in [7, 11) is -3.79. The fourth-order valence-electron chi connectivity index (χ4n) is 2.87. The molecule has 0 saturated carbocycles. The molecule has 10 heteroatoms. The van der Waals surface area contributed by atoms with Crippen LogP contribution < -0.4 is 10.0 Å². The van der Waals surface area contributed by atoms with Crippen LogP contribution in [-0.2, 0) is 16.2 Å². The molecule has 2 aromatic carbocycles. The van der Waals surface area contributed by atoms with Crippen molar-refractivity contribution in [3.8, 4) is 11.3 Å². The quantitative estimate of drug-likeness (QED) is 0.591. The number of benzene rings is 2. The van der Waals surface area contributed by atoms with E-state index >= 15 is 0 Å². The normalized spacial score (nSPS) is 11.8. The number of halogens is 3. The SMILES string of the molecule is Cc1nc(-c2ccccc2)ccc1C(=O)Nc1cc(C(F)(F)F)ccc1NS(C)(=O)=O. The van der Waals surface area contributed by atoms with Crippen LogP contribution in [0.2, 0.25) is 0 Å². The van der Waals surface area contributed by atoms with Crippen molar-refractivity contribution in [2.45, 2.75) is 13.1 Å². The molecular weight excluding hydrogens is 431 g/mol. The number of aryl methyl sites for hydroxylation is 1. The van der Waals surface area contributed by atoms with Crippen LogP contribution in [0.15, 0.2) is 60.7 Å². The van der Waals surface area contributed by atoms with Crippen molar-refractivity contribution in [1.29, 1.82) is 0 Å². The third kappa shape index (κ3) is 5.60. The second kappa shape index (κ2) is 8.38. The summed E-state index contributed by atoms with van der Waals surface area (Å²) in [6, 6.07) is 14.7.